The van der Waals surface area contributed by atoms with Crippen LogP contribution >= 0.6 is 0 Å². The number of nitrogens with one attached hydrogen (secondary N) is 2. The Bertz CT molecular complexity index is 1280. The van der Waals surface area contributed by atoms with Gasteiger partial charge in [-0.1, -0.05) is 181 Å². The molecule has 0 saturated heterocycles. The van der Waals surface area contributed by atoms with Crippen LogP contribution in [0.1, 0.15) is 239 Å². The summed E-state index contributed by atoms with van der Waals surface area (Å²) in [7, 11) is 0. The zero-order chi connectivity index (χ0) is 49.9. The second-order valence-electron chi connectivity index (χ2n) is 18.5. The third-order valence-corrected chi connectivity index (χ3v) is 12.3. The van der Waals surface area contributed by atoms with Crippen LogP contribution in [0, 0.1) is 0 Å². The first-order chi connectivity index (χ1) is 32.2. The van der Waals surface area contributed by atoms with Crippen LogP contribution in [-0.4, -0.2) is 116 Å². The van der Waals surface area contributed by atoms with Gasteiger partial charge in [0.25, 0.3) is 0 Å². The highest BCUT2D eigenvalue weighted by Gasteiger charge is 2.26. The Labute approximate surface area is 402 Å². The number of aliphatic carboxylic acids is 4. The zero-order valence-electron chi connectivity index (χ0n) is 41.7. The molecule has 0 aliphatic rings. The minimum absolute atomic E-state index is 0.0331. The lowest BCUT2D eigenvalue weighted by molar-refractivity contribution is -0.146. The number of hydrogen-bond acceptors (Lipinski definition) is 8. The van der Waals surface area contributed by atoms with Crippen molar-refractivity contribution < 1.29 is 58.8 Å². The molecule has 0 saturated carbocycles. The number of carbonyl (C=O) groups excluding carboxylic acids is 4. The summed E-state index contributed by atoms with van der Waals surface area (Å²) in [5.74, 6) is -7.61. The maximum atomic E-state index is 13.1. The monoisotopic (exact) mass is 953 g/mol. The van der Waals surface area contributed by atoms with E-state index >= 15 is 0 Å². The fraction of sp³-hybridized carbons (Fsp3) is 0.843. The van der Waals surface area contributed by atoms with Crippen molar-refractivity contribution in [3.63, 3.8) is 0 Å². The second kappa shape index (κ2) is 43.1. The van der Waals surface area contributed by atoms with Crippen LogP contribution in [0.3, 0.4) is 0 Å². The van der Waals surface area contributed by atoms with Gasteiger partial charge in [-0.25, -0.2) is 9.59 Å². The highest BCUT2D eigenvalue weighted by Crippen LogP contribution is 2.16. The van der Waals surface area contributed by atoms with Crippen LogP contribution < -0.4 is 10.6 Å². The first-order valence-corrected chi connectivity index (χ1v) is 26.2. The van der Waals surface area contributed by atoms with Crippen LogP contribution in [0.15, 0.2) is 0 Å². The Kier molecular flexibility index (Phi) is 40.3. The smallest absolute Gasteiger partial charge is 0.326 e. The molecule has 0 fully saturated rings. The van der Waals surface area contributed by atoms with E-state index in [9.17, 15) is 58.8 Å². The van der Waals surface area contributed by atoms with Gasteiger partial charge >= 0.3 is 23.9 Å². The summed E-state index contributed by atoms with van der Waals surface area (Å²) >= 11 is 0. The van der Waals surface area contributed by atoms with E-state index in [4.69, 9.17) is 0 Å². The molecule has 0 spiro atoms. The summed E-state index contributed by atoms with van der Waals surface area (Å²) in [6.45, 7) is 2.58. The lowest BCUT2D eigenvalue weighted by Gasteiger charge is -2.25. The Morgan fingerprint density at radius 2 is 0.612 bits per heavy atom. The third-order valence-electron chi connectivity index (χ3n) is 12.3. The Hall–Kier alpha value is -4.24. The summed E-state index contributed by atoms with van der Waals surface area (Å²) in [5, 5.41) is 43.3. The topological polar surface area (TPSA) is 248 Å². The van der Waals surface area contributed by atoms with Crippen molar-refractivity contribution in [3.05, 3.63) is 0 Å². The Morgan fingerprint density at radius 1 is 0.358 bits per heavy atom. The van der Waals surface area contributed by atoms with E-state index in [0.29, 0.717) is 12.8 Å². The van der Waals surface area contributed by atoms with E-state index in [1.54, 1.807) is 0 Å². The van der Waals surface area contributed by atoms with Crippen LogP contribution in [-0.2, 0) is 38.4 Å². The highest BCUT2D eigenvalue weighted by atomic mass is 16.4. The van der Waals surface area contributed by atoms with Gasteiger partial charge in [0.05, 0.1) is 0 Å². The van der Waals surface area contributed by atoms with Gasteiger partial charge in [0, 0.05) is 38.8 Å². The molecule has 0 bridgehead atoms. The van der Waals surface area contributed by atoms with Crippen LogP contribution in [0.4, 0.5) is 0 Å². The minimum Gasteiger partial charge on any atom is -0.480 e. The van der Waals surface area contributed by atoms with E-state index in [0.717, 1.165) is 61.2 Å². The number of carbonyl (C=O) groups is 8. The molecule has 0 aliphatic carbocycles. The fourth-order valence-electron chi connectivity index (χ4n) is 8.22. The lowest BCUT2D eigenvalue weighted by atomic mass is 10.0. The van der Waals surface area contributed by atoms with Crippen LogP contribution in [0.25, 0.3) is 0 Å². The molecule has 16 nitrogen and oxygen atoms in total. The summed E-state index contributed by atoms with van der Waals surface area (Å²) < 4.78 is 0. The van der Waals surface area contributed by atoms with Crippen molar-refractivity contribution in [2.75, 3.05) is 26.2 Å². The highest BCUT2D eigenvalue weighted by molar-refractivity contribution is 5.86. The van der Waals surface area contributed by atoms with Gasteiger partial charge in [0.15, 0.2) is 0 Å². The molecular weight excluding hydrogens is 861 g/mol. The van der Waals surface area contributed by atoms with Gasteiger partial charge in [-0.15, -0.1) is 0 Å². The average molecular weight is 953 g/mol. The lowest BCUT2D eigenvalue weighted by Crippen LogP contribution is -2.44. The second-order valence-corrected chi connectivity index (χ2v) is 18.5. The predicted molar refractivity (Wildman–Crippen MR) is 261 cm³/mol. The van der Waals surface area contributed by atoms with Crippen molar-refractivity contribution in [2.24, 2.45) is 0 Å². The average Bonchev–Trinajstić information content (AvgIpc) is 3.27. The molecule has 6 N–H and O–H groups in total. The maximum absolute atomic E-state index is 13.1. The molecule has 0 radical (unpaired) electrons. The Balaban J connectivity index is 4.72. The number of carboxylic acid groups (broad SMARTS) is 4. The molecule has 67 heavy (non-hydrogen) atoms. The van der Waals surface area contributed by atoms with Gasteiger partial charge in [-0.05, 0) is 32.1 Å². The molecule has 388 valence electrons. The van der Waals surface area contributed by atoms with E-state index in [-0.39, 0.29) is 58.0 Å². The molecule has 2 unspecified atom stereocenters. The van der Waals surface area contributed by atoms with Crippen LogP contribution in [0.2, 0.25) is 0 Å². The van der Waals surface area contributed by atoms with Gasteiger partial charge in [0.1, 0.15) is 25.2 Å². The molecule has 0 heterocycles. The van der Waals surface area contributed by atoms with E-state index in [2.05, 4.69) is 24.5 Å². The molecule has 16 heteroatoms. The van der Waals surface area contributed by atoms with Gasteiger partial charge in [-0.3, -0.25) is 28.8 Å². The maximum Gasteiger partial charge on any atom is 0.326 e. The summed E-state index contributed by atoms with van der Waals surface area (Å²) in [6.07, 6.45) is 31.5. The molecule has 0 aliphatic heterocycles. The number of hydrogen-bond donors (Lipinski definition) is 6. The molecule has 0 rings (SSSR count). The van der Waals surface area contributed by atoms with Gasteiger partial charge in [0.2, 0.25) is 23.6 Å². The van der Waals surface area contributed by atoms with E-state index in [1.807, 2.05) is 0 Å². The first-order valence-electron chi connectivity index (χ1n) is 26.2. The largest absolute Gasteiger partial charge is 0.480 e. The number of nitrogens with zero attached hydrogens (tertiary/aromatic N) is 2. The molecular formula is C51H92N4O12. The summed E-state index contributed by atoms with van der Waals surface area (Å²) in [4.78, 5) is 100. The summed E-state index contributed by atoms with van der Waals surface area (Å²) in [6, 6.07) is -2.72. The molecule has 4 amide bonds. The number of amides is 4. The number of unbranched alkanes of at least 4 members (excludes halogenated alkanes) is 26. The third kappa shape index (κ3) is 38.4. The van der Waals surface area contributed by atoms with E-state index in [1.165, 1.54) is 116 Å². The Morgan fingerprint density at radius 3 is 0.851 bits per heavy atom. The minimum atomic E-state index is -1.36. The molecule has 0 aromatic heterocycles. The first kappa shape index (κ1) is 62.8. The van der Waals surface area contributed by atoms with Gasteiger partial charge < -0.3 is 40.9 Å². The number of carboxylic acids is 4. The summed E-state index contributed by atoms with van der Waals surface area (Å²) in [5.41, 5.74) is 0. The standard InChI is InChI=1S/C51H92N4O12/c1-3-5-7-9-11-13-15-17-19-21-23-25-27-29-32-44(56)52-42(50(64)65)34-36-46(58)54(40-48(60)61)38-31-39-55(41-49(62)63)47(59)37-35-43(51(66)67)53-45(57)33-30-28-26-24-22-20-18-16-14-12-10-8-6-4-2/h42-43H,3-41H2,1-2H3,(H,52,56)(H,53,57)(H,60,61)(H,62,63)(H,64,65)(H,66,67). The van der Waals surface area contributed by atoms with Crippen molar-refractivity contribution in [1.82, 2.24) is 20.4 Å². The SMILES string of the molecule is CCCCCCCCCCCCCCCCC(=O)NC(CCC(=O)N(CCCN(CC(=O)O)C(=O)CCC(NC(=O)CCCCCCCCCCCCCCCC)C(=O)O)CC(=O)O)C(=O)O. The normalized spacial score (nSPS) is 12.0. The van der Waals surface area contributed by atoms with Crippen LogP contribution in [0.5, 0.6) is 0 Å². The molecule has 0 aromatic carbocycles. The van der Waals surface area contributed by atoms with E-state index < -0.39 is 72.7 Å². The van der Waals surface area contributed by atoms with Crippen molar-refractivity contribution >= 4 is 47.5 Å². The van der Waals surface area contributed by atoms with Crippen molar-refractivity contribution in [2.45, 2.75) is 251 Å². The predicted octanol–water partition coefficient (Wildman–Crippen LogP) is 9.64. The number of rotatable bonds is 48. The quantitative estimate of drug-likeness (QED) is 0.0312. The fourth-order valence-corrected chi connectivity index (χ4v) is 8.22. The van der Waals surface area contributed by atoms with Gasteiger partial charge in [-0.2, -0.15) is 0 Å². The van der Waals surface area contributed by atoms with Crippen molar-refractivity contribution in [1.29, 1.82) is 0 Å². The zero-order valence-corrected chi connectivity index (χ0v) is 41.7. The van der Waals surface area contributed by atoms with Crippen molar-refractivity contribution in [3.8, 4) is 0 Å². The molecule has 2 atom stereocenters. The molecule has 0 aromatic rings.